The zero-order valence-corrected chi connectivity index (χ0v) is 8.49. The summed E-state index contributed by atoms with van der Waals surface area (Å²) in [6, 6.07) is 0. The van der Waals surface area contributed by atoms with Gasteiger partial charge in [0, 0.05) is 19.5 Å². The van der Waals surface area contributed by atoms with E-state index in [1.165, 1.54) is 12.8 Å². The van der Waals surface area contributed by atoms with Crippen molar-refractivity contribution >= 4 is 17.0 Å². The van der Waals surface area contributed by atoms with Crippen LogP contribution in [0.3, 0.4) is 0 Å². The SMILES string of the molecule is Br.[CH2-]C1CC1.[Zn]. The molecule has 0 heterocycles. The normalized spacial score (nSPS) is 17.5. The number of halogens is 1. The van der Waals surface area contributed by atoms with Gasteiger partial charge in [0.2, 0.25) is 0 Å². The molecule has 1 fully saturated rings. The standard InChI is InChI=1S/C4H7.BrH.Zn/c1-4-2-3-4;;/h4H,1-3H2;1H;/q-1;;. The minimum atomic E-state index is 0. The Morgan fingerprint density at radius 3 is 1.50 bits per heavy atom. The maximum atomic E-state index is 3.75. The minimum absolute atomic E-state index is 0. The average molecular weight is 201 g/mol. The molecule has 0 amide bonds. The Kier molecular flexibility index (Phi) is 7.23. The zero-order valence-electron chi connectivity index (χ0n) is 3.81. The van der Waals surface area contributed by atoms with Crippen molar-refractivity contribution in [2.45, 2.75) is 12.8 Å². The molecule has 1 aliphatic rings. The largest absolute Gasteiger partial charge is 0.340 e. The minimum Gasteiger partial charge on any atom is -0.340 e. The van der Waals surface area contributed by atoms with Gasteiger partial charge in [0.25, 0.3) is 0 Å². The van der Waals surface area contributed by atoms with Crippen LogP contribution >= 0.6 is 17.0 Å². The van der Waals surface area contributed by atoms with Gasteiger partial charge in [0.15, 0.2) is 0 Å². The quantitative estimate of drug-likeness (QED) is 0.414. The number of hydrogen-bond donors (Lipinski definition) is 0. The molecule has 1 saturated carbocycles. The van der Waals surface area contributed by atoms with Gasteiger partial charge >= 0.3 is 0 Å². The molecule has 0 radical (unpaired) electrons. The van der Waals surface area contributed by atoms with Gasteiger partial charge in [-0.25, -0.2) is 0 Å². The van der Waals surface area contributed by atoms with Crippen molar-refractivity contribution < 1.29 is 19.5 Å². The van der Waals surface area contributed by atoms with E-state index < -0.39 is 0 Å². The fourth-order valence-corrected chi connectivity index (χ4v) is 0.118. The van der Waals surface area contributed by atoms with Crippen LogP contribution in [-0.4, -0.2) is 0 Å². The molecule has 0 aromatic carbocycles. The Balaban J connectivity index is 0. The summed E-state index contributed by atoms with van der Waals surface area (Å²) in [5, 5.41) is 0. The Morgan fingerprint density at radius 2 is 1.50 bits per heavy atom. The molecule has 6 heavy (non-hydrogen) atoms. The molecular weight excluding hydrogens is 193 g/mol. The summed E-state index contributed by atoms with van der Waals surface area (Å²) in [7, 11) is 0. The first-order valence-corrected chi connectivity index (χ1v) is 1.72. The summed E-state index contributed by atoms with van der Waals surface area (Å²) >= 11 is 0. The predicted molar refractivity (Wildman–Crippen MR) is 28.4 cm³/mol. The summed E-state index contributed by atoms with van der Waals surface area (Å²) in [4.78, 5) is 0. The van der Waals surface area contributed by atoms with Crippen LogP contribution in [0.2, 0.25) is 0 Å². The van der Waals surface area contributed by atoms with Gasteiger partial charge in [-0.3, -0.25) is 0 Å². The monoisotopic (exact) mass is 199 g/mol. The third kappa shape index (κ3) is 5.10. The number of hydrogen-bond acceptors (Lipinski definition) is 0. The van der Waals surface area contributed by atoms with E-state index in [-0.39, 0.29) is 36.5 Å². The topological polar surface area (TPSA) is 0 Å². The van der Waals surface area contributed by atoms with Crippen molar-refractivity contribution in [2.24, 2.45) is 5.92 Å². The first-order valence-electron chi connectivity index (χ1n) is 1.72. The van der Waals surface area contributed by atoms with Gasteiger partial charge in [-0.2, -0.15) is 5.92 Å². The summed E-state index contributed by atoms with van der Waals surface area (Å²) in [5.41, 5.74) is 0. The maximum Gasteiger partial charge on any atom is 0 e. The van der Waals surface area contributed by atoms with Gasteiger partial charge in [-0.1, -0.05) is 12.8 Å². The van der Waals surface area contributed by atoms with Crippen LogP contribution in [-0.2, 0) is 19.5 Å². The van der Waals surface area contributed by atoms with Crippen LogP contribution in [0.15, 0.2) is 0 Å². The van der Waals surface area contributed by atoms with Crippen molar-refractivity contribution in [1.29, 1.82) is 0 Å². The zero-order chi connectivity index (χ0) is 2.99. The Bertz CT molecular complexity index is 26.7. The summed E-state index contributed by atoms with van der Waals surface area (Å²) in [6.07, 6.45) is 2.75. The molecule has 0 aliphatic heterocycles. The molecule has 0 aromatic rings. The second kappa shape index (κ2) is 4.27. The molecule has 0 nitrogen and oxygen atoms in total. The van der Waals surface area contributed by atoms with Crippen LogP contribution in [0.4, 0.5) is 0 Å². The predicted octanol–water partition coefficient (Wildman–Crippen LogP) is 1.81. The molecule has 1 rings (SSSR count). The van der Waals surface area contributed by atoms with Crippen molar-refractivity contribution in [3.8, 4) is 0 Å². The van der Waals surface area contributed by atoms with Crippen LogP contribution < -0.4 is 0 Å². The van der Waals surface area contributed by atoms with Gasteiger partial charge < -0.3 is 6.92 Å². The summed E-state index contributed by atoms with van der Waals surface area (Å²) in [5.74, 6) is 0.833. The Morgan fingerprint density at radius 1 is 1.33 bits per heavy atom. The van der Waals surface area contributed by atoms with Crippen LogP contribution in [0.1, 0.15) is 12.8 Å². The molecule has 0 bridgehead atoms. The molecule has 2 heteroatoms. The molecule has 0 atom stereocenters. The van der Waals surface area contributed by atoms with E-state index in [0.29, 0.717) is 0 Å². The third-order valence-corrected chi connectivity index (χ3v) is 0.697. The smallest absolute Gasteiger partial charge is 0 e. The Hall–Kier alpha value is 1.10. The van der Waals surface area contributed by atoms with E-state index in [4.69, 9.17) is 0 Å². The fraction of sp³-hybridized carbons (Fsp3) is 0.750. The Labute approximate surface area is 62.2 Å². The molecule has 1 aliphatic carbocycles. The molecule has 0 saturated heterocycles. The average Bonchev–Trinajstić information content (AvgIpc) is 1.75. The third-order valence-electron chi connectivity index (χ3n) is 0.697. The van der Waals surface area contributed by atoms with E-state index in [0.717, 1.165) is 5.92 Å². The van der Waals surface area contributed by atoms with Crippen molar-refractivity contribution in [1.82, 2.24) is 0 Å². The van der Waals surface area contributed by atoms with Crippen molar-refractivity contribution in [2.75, 3.05) is 0 Å². The van der Waals surface area contributed by atoms with E-state index >= 15 is 0 Å². The van der Waals surface area contributed by atoms with Gasteiger partial charge in [-0.15, -0.1) is 17.0 Å². The van der Waals surface area contributed by atoms with Gasteiger partial charge in [-0.05, 0) is 0 Å². The molecule has 0 N–H and O–H groups in total. The summed E-state index contributed by atoms with van der Waals surface area (Å²) in [6.45, 7) is 3.75. The number of rotatable bonds is 0. The van der Waals surface area contributed by atoms with Gasteiger partial charge in [0.1, 0.15) is 0 Å². The molecule has 0 unspecified atom stereocenters. The van der Waals surface area contributed by atoms with E-state index in [2.05, 4.69) is 6.92 Å². The second-order valence-corrected chi connectivity index (χ2v) is 1.44. The fourth-order valence-electron chi connectivity index (χ4n) is 0.118. The van der Waals surface area contributed by atoms with E-state index in [1.54, 1.807) is 0 Å². The van der Waals surface area contributed by atoms with Crippen molar-refractivity contribution in [3.63, 3.8) is 0 Å². The van der Waals surface area contributed by atoms with Crippen LogP contribution in [0, 0.1) is 12.8 Å². The maximum absolute atomic E-state index is 3.75. The summed E-state index contributed by atoms with van der Waals surface area (Å²) < 4.78 is 0. The van der Waals surface area contributed by atoms with Crippen LogP contribution in [0.25, 0.3) is 0 Å². The van der Waals surface area contributed by atoms with Crippen molar-refractivity contribution in [3.05, 3.63) is 6.92 Å². The second-order valence-electron chi connectivity index (χ2n) is 1.44. The molecule has 34 valence electrons. The molecular formula is C4H8BrZn-. The molecule has 0 aromatic heterocycles. The van der Waals surface area contributed by atoms with E-state index in [9.17, 15) is 0 Å². The van der Waals surface area contributed by atoms with E-state index in [1.807, 2.05) is 0 Å². The molecule has 0 spiro atoms. The van der Waals surface area contributed by atoms with Crippen LogP contribution in [0.5, 0.6) is 0 Å². The van der Waals surface area contributed by atoms with Gasteiger partial charge in [0.05, 0.1) is 0 Å². The first kappa shape index (κ1) is 10.2. The first-order chi connectivity index (χ1) is 1.89.